The molecule has 4 heterocycles. The van der Waals surface area contributed by atoms with E-state index in [2.05, 4.69) is 19.9 Å². The lowest BCUT2D eigenvalue weighted by atomic mass is 9.95. The molecule has 7 nitrogen and oxygen atoms in total. The zero-order chi connectivity index (χ0) is 18.8. The third-order valence-electron chi connectivity index (χ3n) is 4.67. The van der Waals surface area contributed by atoms with Gasteiger partial charge < -0.3 is 4.90 Å². The first kappa shape index (κ1) is 17.7. The predicted octanol–water partition coefficient (Wildman–Crippen LogP) is 3.03. The summed E-state index contributed by atoms with van der Waals surface area (Å²) in [4.78, 5) is 36.6. The molecular weight excluding hydrogens is 360 g/mol. The van der Waals surface area contributed by atoms with Crippen LogP contribution in [0.15, 0.2) is 30.0 Å². The zero-order valence-corrected chi connectivity index (χ0v) is 16.1. The molecule has 1 aliphatic rings. The van der Waals surface area contributed by atoms with Gasteiger partial charge in [0.25, 0.3) is 5.91 Å². The highest BCUT2D eigenvalue weighted by atomic mass is 32.1. The summed E-state index contributed by atoms with van der Waals surface area (Å²) < 4.78 is 0. The summed E-state index contributed by atoms with van der Waals surface area (Å²) in [6.45, 7) is 5.18. The third-order valence-corrected chi connectivity index (χ3v) is 5.47. The molecule has 0 bridgehead atoms. The molecule has 8 heteroatoms. The van der Waals surface area contributed by atoms with E-state index in [9.17, 15) is 4.79 Å². The number of nitrogens with zero attached hydrogens (tertiary/aromatic N) is 6. The van der Waals surface area contributed by atoms with Gasteiger partial charge in [0.2, 0.25) is 0 Å². The fourth-order valence-electron chi connectivity index (χ4n) is 3.24. The van der Waals surface area contributed by atoms with Gasteiger partial charge in [-0.2, -0.15) is 0 Å². The molecule has 4 rings (SSSR count). The maximum Gasteiger partial charge on any atom is 0.274 e. The number of piperidine rings is 1. The molecule has 0 N–H and O–H groups in total. The summed E-state index contributed by atoms with van der Waals surface area (Å²) in [5.74, 6) is 1.04. The Kier molecular flexibility index (Phi) is 4.89. The molecule has 0 aromatic carbocycles. The van der Waals surface area contributed by atoms with Gasteiger partial charge in [-0.05, 0) is 32.8 Å². The Bertz CT molecular complexity index is 933. The SMILES string of the molecule is Cc1cnc(C(=O)N2CCC(c3nc(C)cc(-c4nccs4)n3)CC2)cn1. The van der Waals surface area contributed by atoms with Crippen molar-refractivity contribution in [3.63, 3.8) is 0 Å². The predicted molar refractivity (Wildman–Crippen MR) is 103 cm³/mol. The van der Waals surface area contributed by atoms with Crippen LogP contribution >= 0.6 is 11.3 Å². The summed E-state index contributed by atoms with van der Waals surface area (Å²) >= 11 is 1.58. The van der Waals surface area contributed by atoms with Crippen molar-refractivity contribution in [1.29, 1.82) is 0 Å². The van der Waals surface area contributed by atoms with Crippen molar-refractivity contribution in [1.82, 2.24) is 29.8 Å². The largest absolute Gasteiger partial charge is 0.337 e. The second-order valence-corrected chi connectivity index (χ2v) is 7.59. The molecule has 3 aromatic rings. The molecule has 138 valence electrons. The Morgan fingerprint density at radius 1 is 1.07 bits per heavy atom. The van der Waals surface area contributed by atoms with Crippen LogP contribution in [0.25, 0.3) is 10.7 Å². The van der Waals surface area contributed by atoms with E-state index in [1.165, 1.54) is 0 Å². The van der Waals surface area contributed by atoms with Gasteiger partial charge in [-0.1, -0.05) is 0 Å². The summed E-state index contributed by atoms with van der Waals surface area (Å²) in [6, 6.07) is 1.97. The summed E-state index contributed by atoms with van der Waals surface area (Å²) in [7, 11) is 0. The quantitative estimate of drug-likeness (QED) is 0.694. The molecule has 1 saturated heterocycles. The molecule has 1 amide bonds. The smallest absolute Gasteiger partial charge is 0.274 e. The standard InChI is InChI=1S/C19H20N6OS/c1-12-9-15(18-20-5-8-27-18)24-17(23-12)14-3-6-25(7-4-14)19(26)16-11-21-13(2)10-22-16/h5,8-11,14H,3-4,6-7H2,1-2H3. The van der Waals surface area contributed by atoms with Crippen molar-refractivity contribution in [3.8, 4) is 10.7 Å². The van der Waals surface area contributed by atoms with Gasteiger partial charge in [-0.15, -0.1) is 11.3 Å². The first-order valence-electron chi connectivity index (χ1n) is 8.93. The van der Waals surface area contributed by atoms with Crippen molar-refractivity contribution >= 4 is 17.2 Å². The van der Waals surface area contributed by atoms with Gasteiger partial charge in [0, 0.05) is 42.5 Å². The number of carbonyl (C=O) groups excluding carboxylic acids is 1. The Labute approximate surface area is 161 Å². The second kappa shape index (κ2) is 7.48. The molecule has 0 unspecified atom stereocenters. The molecule has 1 aliphatic heterocycles. The van der Waals surface area contributed by atoms with E-state index in [-0.39, 0.29) is 11.8 Å². The first-order chi connectivity index (χ1) is 13.1. The normalized spacial score (nSPS) is 15.1. The average molecular weight is 380 g/mol. The van der Waals surface area contributed by atoms with Gasteiger partial charge >= 0.3 is 0 Å². The molecule has 0 saturated carbocycles. The number of aryl methyl sites for hydroxylation is 2. The van der Waals surface area contributed by atoms with Crippen LogP contribution < -0.4 is 0 Å². The van der Waals surface area contributed by atoms with Gasteiger partial charge in [0.15, 0.2) is 0 Å². The van der Waals surface area contributed by atoms with E-state index >= 15 is 0 Å². The zero-order valence-electron chi connectivity index (χ0n) is 15.3. The van der Waals surface area contributed by atoms with Crippen molar-refractivity contribution in [3.05, 3.63) is 52.9 Å². The highest BCUT2D eigenvalue weighted by molar-refractivity contribution is 7.13. The van der Waals surface area contributed by atoms with Crippen molar-refractivity contribution in [2.24, 2.45) is 0 Å². The minimum Gasteiger partial charge on any atom is -0.337 e. The van der Waals surface area contributed by atoms with Crippen LogP contribution in [0.2, 0.25) is 0 Å². The summed E-state index contributed by atoms with van der Waals surface area (Å²) in [5.41, 5.74) is 3.02. The number of aromatic nitrogens is 5. The highest BCUT2D eigenvalue weighted by Gasteiger charge is 2.27. The van der Waals surface area contributed by atoms with E-state index in [0.29, 0.717) is 18.8 Å². The van der Waals surface area contributed by atoms with Crippen molar-refractivity contribution in [2.45, 2.75) is 32.6 Å². The lowest BCUT2D eigenvalue weighted by molar-refractivity contribution is 0.0704. The van der Waals surface area contributed by atoms with Crippen LogP contribution in [0.4, 0.5) is 0 Å². The second-order valence-electron chi connectivity index (χ2n) is 6.70. The van der Waals surface area contributed by atoms with Crippen LogP contribution in [-0.2, 0) is 0 Å². The first-order valence-corrected chi connectivity index (χ1v) is 9.81. The third kappa shape index (κ3) is 3.85. The van der Waals surface area contributed by atoms with E-state index in [1.807, 2.05) is 30.2 Å². The topological polar surface area (TPSA) is 84.8 Å². The van der Waals surface area contributed by atoms with E-state index in [1.54, 1.807) is 29.9 Å². The fourth-order valence-corrected chi connectivity index (χ4v) is 3.84. The lowest BCUT2D eigenvalue weighted by Gasteiger charge is -2.31. The van der Waals surface area contributed by atoms with Crippen molar-refractivity contribution < 1.29 is 4.79 Å². The van der Waals surface area contributed by atoms with Crippen molar-refractivity contribution in [2.75, 3.05) is 13.1 Å². The Morgan fingerprint density at radius 2 is 1.89 bits per heavy atom. The fraction of sp³-hybridized carbons (Fsp3) is 0.368. The number of hydrogen-bond acceptors (Lipinski definition) is 7. The van der Waals surface area contributed by atoms with E-state index < -0.39 is 0 Å². The van der Waals surface area contributed by atoms with Gasteiger partial charge in [0.1, 0.15) is 22.2 Å². The highest BCUT2D eigenvalue weighted by Crippen LogP contribution is 2.29. The Morgan fingerprint density at radius 3 is 2.56 bits per heavy atom. The number of carbonyl (C=O) groups is 1. The number of thiazole rings is 1. The minimum atomic E-state index is -0.0606. The van der Waals surface area contributed by atoms with Crippen LogP contribution in [-0.4, -0.2) is 48.8 Å². The molecule has 3 aromatic heterocycles. The Hall–Kier alpha value is -2.74. The number of likely N-dealkylation sites (tertiary alicyclic amines) is 1. The average Bonchev–Trinajstić information content (AvgIpc) is 3.23. The number of amides is 1. The number of hydrogen-bond donors (Lipinski definition) is 0. The number of rotatable bonds is 3. The minimum absolute atomic E-state index is 0.0606. The molecule has 0 atom stereocenters. The molecule has 0 radical (unpaired) electrons. The summed E-state index contributed by atoms with van der Waals surface area (Å²) in [6.07, 6.45) is 6.64. The van der Waals surface area contributed by atoms with Gasteiger partial charge in [0.05, 0.1) is 11.9 Å². The molecule has 27 heavy (non-hydrogen) atoms. The molecule has 0 aliphatic carbocycles. The van der Waals surface area contributed by atoms with Crippen LogP contribution in [0, 0.1) is 13.8 Å². The maximum atomic E-state index is 12.6. The van der Waals surface area contributed by atoms with Crippen LogP contribution in [0.1, 0.15) is 46.5 Å². The lowest BCUT2D eigenvalue weighted by Crippen LogP contribution is -2.38. The molecule has 1 fully saturated rings. The van der Waals surface area contributed by atoms with Crippen LogP contribution in [0.5, 0.6) is 0 Å². The van der Waals surface area contributed by atoms with E-state index in [4.69, 9.17) is 4.98 Å². The summed E-state index contributed by atoms with van der Waals surface area (Å²) in [5, 5.41) is 2.86. The Balaban J connectivity index is 1.46. The van der Waals surface area contributed by atoms with Gasteiger partial charge in [-0.25, -0.2) is 19.9 Å². The molecular formula is C19H20N6OS. The molecule has 0 spiro atoms. The van der Waals surface area contributed by atoms with Crippen LogP contribution in [0.3, 0.4) is 0 Å². The maximum absolute atomic E-state index is 12.6. The van der Waals surface area contributed by atoms with E-state index in [0.717, 1.165) is 40.8 Å². The monoisotopic (exact) mass is 380 g/mol. The van der Waals surface area contributed by atoms with Gasteiger partial charge in [-0.3, -0.25) is 9.78 Å².